The van der Waals surface area contributed by atoms with Crippen LogP contribution in [0.5, 0.6) is 0 Å². The highest BCUT2D eigenvalue weighted by Crippen LogP contribution is 2.37. The Balaban J connectivity index is 1.93. The molecular weight excluding hydrogens is 222 g/mol. The van der Waals surface area contributed by atoms with Gasteiger partial charge in [-0.05, 0) is 24.6 Å². The third-order valence-electron chi connectivity index (χ3n) is 3.33. The molecule has 1 saturated heterocycles. The van der Waals surface area contributed by atoms with Gasteiger partial charge < -0.3 is 0 Å². The molecule has 3 rings (SSSR count). The van der Waals surface area contributed by atoms with E-state index in [-0.39, 0.29) is 6.10 Å². The summed E-state index contributed by atoms with van der Waals surface area (Å²) < 4.78 is 0. The third kappa shape index (κ3) is 2.12. The summed E-state index contributed by atoms with van der Waals surface area (Å²) in [5.41, 5.74) is 2.43. The molecule has 0 saturated carbocycles. The van der Waals surface area contributed by atoms with Crippen molar-refractivity contribution in [2.45, 2.75) is 25.5 Å². The molecule has 2 aromatic carbocycles. The topological polar surface area (TPSA) is 12.5 Å². The summed E-state index contributed by atoms with van der Waals surface area (Å²) in [4.78, 5) is 5.95. The Bertz CT molecular complexity index is 450. The van der Waals surface area contributed by atoms with E-state index in [9.17, 15) is 0 Å². The molecule has 18 heavy (non-hydrogen) atoms. The van der Waals surface area contributed by atoms with E-state index in [1.165, 1.54) is 5.56 Å². The lowest BCUT2D eigenvalue weighted by Gasteiger charge is -2.24. The number of hydrogen-bond donors (Lipinski definition) is 0. The minimum Gasteiger partial charge on any atom is -0.270 e. The average Bonchev–Trinajstić information content (AvgIpc) is 2.83. The van der Waals surface area contributed by atoms with Gasteiger partial charge in [-0.2, -0.15) is 0 Å². The average molecular weight is 239 g/mol. The van der Waals surface area contributed by atoms with E-state index < -0.39 is 0 Å². The van der Waals surface area contributed by atoms with Crippen LogP contribution in [0.25, 0.3) is 0 Å². The van der Waals surface area contributed by atoms with Crippen molar-refractivity contribution in [3.8, 4) is 0 Å². The molecule has 0 N–H and O–H groups in total. The molecule has 2 unspecified atom stereocenters. The van der Waals surface area contributed by atoms with Crippen LogP contribution in [0.1, 0.15) is 24.9 Å². The SMILES string of the molecule is CC1CC(c2ccccc2)N(c2ccccc2)O1. The number of para-hydroxylation sites is 1. The number of hydroxylamine groups is 1. The molecule has 0 aromatic heterocycles. The normalized spacial score (nSPS) is 23.3. The van der Waals surface area contributed by atoms with Gasteiger partial charge >= 0.3 is 0 Å². The summed E-state index contributed by atoms with van der Waals surface area (Å²) in [5.74, 6) is 0. The van der Waals surface area contributed by atoms with E-state index >= 15 is 0 Å². The van der Waals surface area contributed by atoms with Gasteiger partial charge in [-0.3, -0.25) is 4.84 Å². The first-order valence-corrected chi connectivity index (χ1v) is 6.40. The lowest BCUT2D eigenvalue weighted by molar-refractivity contribution is 0.0959. The minimum atomic E-state index is 0.260. The first kappa shape index (κ1) is 11.3. The van der Waals surface area contributed by atoms with Crippen LogP contribution in [0.4, 0.5) is 5.69 Å². The zero-order valence-electron chi connectivity index (χ0n) is 10.5. The van der Waals surface area contributed by atoms with Gasteiger partial charge in [-0.25, -0.2) is 5.06 Å². The molecule has 1 aliphatic heterocycles. The van der Waals surface area contributed by atoms with Crippen LogP contribution in [0, 0.1) is 0 Å². The Morgan fingerprint density at radius 3 is 2.22 bits per heavy atom. The standard InChI is InChI=1S/C16H17NO/c1-13-12-16(14-8-4-2-5-9-14)17(18-13)15-10-6-3-7-11-15/h2-11,13,16H,12H2,1H3. The largest absolute Gasteiger partial charge is 0.270 e. The monoisotopic (exact) mass is 239 g/mol. The second-order valence-corrected chi connectivity index (χ2v) is 4.74. The maximum Gasteiger partial charge on any atom is 0.0852 e. The summed E-state index contributed by atoms with van der Waals surface area (Å²) in [5, 5.41) is 2.04. The second-order valence-electron chi connectivity index (χ2n) is 4.74. The van der Waals surface area contributed by atoms with Gasteiger partial charge in [-0.1, -0.05) is 48.5 Å². The number of nitrogens with zero attached hydrogens (tertiary/aromatic N) is 1. The first-order chi connectivity index (χ1) is 8.84. The zero-order valence-corrected chi connectivity index (χ0v) is 10.5. The third-order valence-corrected chi connectivity index (χ3v) is 3.33. The van der Waals surface area contributed by atoms with Crippen molar-refractivity contribution in [2.24, 2.45) is 0 Å². The summed E-state index contributed by atoms with van der Waals surface area (Å²) >= 11 is 0. The van der Waals surface area contributed by atoms with E-state index in [0.29, 0.717) is 6.04 Å². The predicted octanol–water partition coefficient (Wildman–Crippen LogP) is 3.96. The smallest absolute Gasteiger partial charge is 0.0852 e. The molecule has 2 atom stereocenters. The molecule has 1 fully saturated rings. The molecule has 0 radical (unpaired) electrons. The van der Waals surface area contributed by atoms with Crippen molar-refractivity contribution in [2.75, 3.05) is 5.06 Å². The fraction of sp³-hybridized carbons (Fsp3) is 0.250. The second kappa shape index (κ2) is 4.83. The van der Waals surface area contributed by atoms with Gasteiger partial charge in [0.2, 0.25) is 0 Å². The lowest BCUT2D eigenvalue weighted by Crippen LogP contribution is -2.21. The van der Waals surface area contributed by atoms with Crippen LogP contribution in [-0.4, -0.2) is 6.10 Å². The summed E-state index contributed by atoms with van der Waals surface area (Å²) in [6, 6.07) is 21.2. The molecular formula is C16H17NO. The zero-order chi connectivity index (χ0) is 12.4. The van der Waals surface area contributed by atoms with Gasteiger partial charge in [0.05, 0.1) is 17.8 Å². The molecule has 2 aromatic rings. The number of anilines is 1. The molecule has 0 bridgehead atoms. The molecule has 92 valence electrons. The van der Waals surface area contributed by atoms with Crippen LogP contribution >= 0.6 is 0 Å². The van der Waals surface area contributed by atoms with E-state index in [1.807, 2.05) is 23.3 Å². The van der Waals surface area contributed by atoms with Gasteiger partial charge in [-0.15, -0.1) is 0 Å². The van der Waals surface area contributed by atoms with Crippen molar-refractivity contribution in [3.63, 3.8) is 0 Å². The molecule has 0 amide bonds. The molecule has 0 aliphatic carbocycles. The quantitative estimate of drug-likeness (QED) is 0.786. The number of benzene rings is 2. The fourth-order valence-electron chi connectivity index (χ4n) is 2.48. The van der Waals surface area contributed by atoms with Crippen LogP contribution < -0.4 is 5.06 Å². The molecule has 1 heterocycles. The predicted molar refractivity (Wildman–Crippen MR) is 73.3 cm³/mol. The number of rotatable bonds is 2. The molecule has 2 nitrogen and oxygen atoms in total. The van der Waals surface area contributed by atoms with Crippen LogP contribution in [0.2, 0.25) is 0 Å². The Morgan fingerprint density at radius 2 is 1.56 bits per heavy atom. The molecule has 0 spiro atoms. The Morgan fingerprint density at radius 1 is 0.944 bits per heavy atom. The molecule has 1 aliphatic rings. The fourth-order valence-corrected chi connectivity index (χ4v) is 2.48. The van der Waals surface area contributed by atoms with Crippen molar-refractivity contribution in [1.29, 1.82) is 0 Å². The summed E-state index contributed by atoms with van der Waals surface area (Å²) in [6.07, 6.45) is 1.29. The maximum atomic E-state index is 5.95. The van der Waals surface area contributed by atoms with E-state index in [4.69, 9.17) is 4.84 Å². The van der Waals surface area contributed by atoms with Crippen LogP contribution in [0.3, 0.4) is 0 Å². The van der Waals surface area contributed by atoms with E-state index in [1.54, 1.807) is 0 Å². The Hall–Kier alpha value is -1.80. The highest BCUT2D eigenvalue weighted by molar-refractivity contribution is 5.47. The van der Waals surface area contributed by atoms with Gasteiger partial charge in [0.15, 0.2) is 0 Å². The molecule has 2 heteroatoms. The summed E-state index contributed by atoms with van der Waals surface area (Å²) in [7, 11) is 0. The first-order valence-electron chi connectivity index (χ1n) is 6.40. The van der Waals surface area contributed by atoms with Crippen LogP contribution in [-0.2, 0) is 4.84 Å². The highest BCUT2D eigenvalue weighted by Gasteiger charge is 2.32. The van der Waals surface area contributed by atoms with Crippen molar-refractivity contribution in [3.05, 3.63) is 66.2 Å². The maximum absolute atomic E-state index is 5.95. The lowest BCUT2D eigenvalue weighted by atomic mass is 10.0. The van der Waals surface area contributed by atoms with Crippen LogP contribution in [0.15, 0.2) is 60.7 Å². The summed E-state index contributed by atoms with van der Waals surface area (Å²) in [6.45, 7) is 2.12. The van der Waals surface area contributed by atoms with Gasteiger partial charge in [0.25, 0.3) is 0 Å². The van der Waals surface area contributed by atoms with Crippen molar-refractivity contribution < 1.29 is 4.84 Å². The highest BCUT2D eigenvalue weighted by atomic mass is 16.7. The van der Waals surface area contributed by atoms with E-state index in [0.717, 1.165) is 12.1 Å². The number of hydrogen-bond acceptors (Lipinski definition) is 2. The van der Waals surface area contributed by atoms with Crippen molar-refractivity contribution in [1.82, 2.24) is 0 Å². The Kier molecular flexibility index (Phi) is 3.03. The van der Waals surface area contributed by atoms with Crippen molar-refractivity contribution >= 4 is 5.69 Å². The minimum absolute atomic E-state index is 0.260. The van der Waals surface area contributed by atoms with Gasteiger partial charge in [0, 0.05) is 6.42 Å². The Labute approximate surface area is 108 Å². The van der Waals surface area contributed by atoms with E-state index in [2.05, 4.69) is 49.4 Å². The van der Waals surface area contributed by atoms with Gasteiger partial charge in [0.1, 0.15) is 0 Å².